The van der Waals surface area contributed by atoms with Crippen LogP contribution in [0.25, 0.3) is 0 Å². The van der Waals surface area contributed by atoms with Crippen LogP contribution in [0, 0.1) is 5.92 Å². The molecule has 0 unspecified atom stereocenters. The summed E-state index contributed by atoms with van der Waals surface area (Å²) in [5.74, 6) is 1.16. The largest absolute Gasteiger partial charge is 0.497 e. The number of aryl methyl sites for hydroxylation is 2. The number of aromatic nitrogens is 3. The van der Waals surface area contributed by atoms with Crippen molar-refractivity contribution in [3.63, 3.8) is 0 Å². The van der Waals surface area contributed by atoms with Crippen LogP contribution in [0.2, 0.25) is 18.6 Å². The number of nitrogens with one attached hydrogen (secondary N) is 1. The van der Waals surface area contributed by atoms with Gasteiger partial charge in [0.15, 0.2) is 0 Å². The van der Waals surface area contributed by atoms with Gasteiger partial charge in [0.1, 0.15) is 5.75 Å². The van der Waals surface area contributed by atoms with Crippen LogP contribution in [0.15, 0.2) is 85.1 Å². The predicted molar refractivity (Wildman–Crippen MR) is 176 cm³/mol. The molecule has 1 amide bonds. The maximum Gasteiger partial charge on any atom is 0.255 e. The van der Waals surface area contributed by atoms with Gasteiger partial charge in [-0.25, -0.2) is 0 Å². The molecule has 1 aromatic heterocycles. The molecule has 0 bridgehead atoms. The van der Waals surface area contributed by atoms with Gasteiger partial charge >= 0.3 is 0 Å². The first-order valence-electron chi connectivity index (χ1n) is 15.5. The van der Waals surface area contributed by atoms with Gasteiger partial charge in [-0.1, -0.05) is 72.9 Å². The fourth-order valence-electron chi connectivity index (χ4n) is 6.71. The maximum absolute atomic E-state index is 12.5. The number of rotatable bonds is 13. The van der Waals surface area contributed by atoms with Crippen molar-refractivity contribution >= 4 is 24.9 Å². The molecule has 232 valence electrons. The van der Waals surface area contributed by atoms with E-state index in [-0.39, 0.29) is 24.7 Å². The minimum Gasteiger partial charge on any atom is -0.497 e. The summed E-state index contributed by atoms with van der Waals surface area (Å²) in [6, 6.07) is 26.0. The Bertz CT molecular complexity index is 1490. The van der Waals surface area contributed by atoms with Crippen LogP contribution in [0.3, 0.4) is 0 Å². The number of amides is 1. The van der Waals surface area contributed by atoms with Crippen molar-refractivity contribution in [3.8, 4) is 5.75 Å². The molecule has 0 radical (unpaired) electrons. The number of aliphatic hydroxyl groups excluding tert-OH is 1. The second-order valence-electron chi connectivity index (χ2n) is 12.3. The zero-order valence-electron chi connectivity index (χ0n) is 26.1. The summed E-state index contributed by atoms with van der Waals surface area (Å²) in [4.78, 5) is 12.5. The number of benzene rings is 3. The minimum absolute atomic E-state index is 0.0679. The summed E-state index contributed by atoms with van der Waals surface area (Å²) in [6.07, 6.45) is 5.39. The predicted octanol–water partition coefficient (Wildman–Crippen LogP) is 5.49. The van der Waals surface area contributed by atoms with Crippen LogP contribution < -0.4 is 15.2 Å². The number of methoxy groups -OCH3 is 1. The molecule has 3 aromatic carbocycles. The SMILES string of the molecule is COc1ccc([Si](C)(C)[C@@H]2[C@@H](C)[C@@H](CCc3ccc(NC(=O)c4ccccc4)cc3)O[C@H]2CCn2cc(CCO)nn2)cc1. The molecular weight excluding hydrogens is 568 g/mol. The molecule has 4 aromatic rings. The van der Waals surface area contributed by atoms with Gasteiger partial charge in [-0.2, -0.15) is 0 Å². The Morgan fingerprint density at radius 3 is 2.39 bits per heavy atom. The Morgan fingerprint density at radius 2 is 1.70 bits per heavy atom. The van der Waals surface area contributed by atoms with E-state index in [1.807, 2.05) is 53.3 Å². The average Bonchev–Trinajstić information content (AvgIpc) is 3.63. The number of ether oxygens (including phenoxy) is 2. The summed E-state index contributed by atoms with van der Waals surface area (Å²) >= 11 is 0. The van der Waals surface area contributed by atoms with E-state index in [1.54, 1.807) is 7.11 Å². The van der Waals surface area contributed by atoms with Gasteiger partial charge in [0.2, 0.25) is 0 Å². The van der Waals surface area contributed by atoms with Gasteiger partial charge in [-0.15, -0.1) is 5.10 Å². The lowest BCUT2D eigenvalue weighted by atomic mass is 9.95. The first-order chi connectivity index (χ1) is 21.3. The minimum atomic E-state index is -1.95. The molecule has 0 saturated carbocycles. The normalized spacial score (nSPS) is 20.0. The second-order valence-corrected chi connectivity index (χ2v) is 17.0. The molecule has 9 heteroatoms. The lowest BCUT2D eigenvalue weighted by Crippen LogP contribution is -2.50. The van der Waals surface area contributed by atoms with E-state index in [1.165, 1.54) is 10.8 Å². The van der Waals surface area contributed by atoms with Crippen molar-refractivity contribution in [2.45, 2.75) is 70.0 Å². The van der Waals surface area contributed by atoms with Crippen LogP contribution in [-0.2, 0) is 24.1 Å². The molecule has 0 aliphatic carbocycles. The summed E-state index contributed by atoms with van der Waals surface area (Å²) in [7, 11) is -0.250. The molecule has 1 saturated heterocycles. The molecule has 1 aliphatic rings. The monoisotopic (exact) mass is 612 g/mol. The topological polar surface area (TPSA) is 98.5 Å². The van der Waals surface area contributed by atoms with Crippen LogP contribution in [0.4, 0.5) is 5.69 Å². The molecule has 0 spiro atoms. The van der Waals surface area contributed by atoms with Crippen molar-refractivity contribution in [2.24, 2.45) is 5.92 Å². The third kappa shape index (κ3) is 7.46. The number of carbonyl (C=O) groups excluding carboxylic acids is 1. The third-order valence-electron chi connectivity index (χ3n) is 9.13. The Labute approximate surface area is 261 Å². The Balaban J connectivity index is 1.27. The summed E-state index contributed by atoms with van der Waals surface area (Å²) in [6.45, 7) is 8.09. The fourth-order valence-corrected chi connectivity index (χ4v) is 10.8. The van der Waals surface area contributed by atoms with Gasteiger partial charge in [-0.3, -0.25) is 9.48 Å². The highest BCUT2D eigenvalue weighted by Gasteiger charge is 2.50. The first-order valence-corrected chi connectivity index (χ1v) is 18.6. The van der Waals surface area contributed by atoms with E-state index in [9.17, 15) is 9.90 Å². The first kappa shape index (κ1) is 31.6. The van der Waals surface area contributed by atoms with E-state index < -0.39 is 8.07 Å². The van der Waals surface area contributed by atoms with Crippen LogP contribution in [0.5, 0.6) is 5.75 Å². The van der Waals surface area contributed by atoms with E-state index in [0.29, 0.717) is 23.4 Å². The van der Waals surface area contributed by atoms with Gasteiger partial charge in [-0.05, 0) is 72.7 Å². The van der Waals surface area contributed by atoms with Crippen molar-refractivity contribution in [2.75, 3.05) is 19.0 Å². The van der Waals surface area contributed by atoms with E-state index in [4.69, 9.17) is 9.47 Å². The number of aliphatic hydroxyl groups is 1. The Morgan fingerprint density at radius 1 is 0.977 bits per heavy atom. The maximum atomic E-state index is 12.5. The molecule has 1 fully saturated rings. The molecule has 5 rings (SSSR count). The zero-order valence-corrected chi connectivity index (χ0v) is 27.1. The summed E-state index contributed by atoms with van der Waals surface area (Å²) in [5.41, 5.74) is 3.89. The van der Waals surface area contributed by atoms with Crippen molar-refractivity contribution < 1.29 is 19.4 Å². The molecule has 4 atom stereocenters. The average molecular weight is 613 g/mol. The van der Waals surface area contributed by atoms with Crippen molar-refractivity contribution in [1.82, 2.24) is 15.0 Å². The third-order valence-corrected chi connectivity index (χ3v) is 13.5. The Kier molecular flexibility index (Phi) is 10.3. The zero-order chi connectivity index (χ0) is 31.1. The molecule has 8 nitrogen and oxygen atoms in total. The molecule has 2 heterocycles. The fraction of sp³-hybridized carbons (Fsp3) is 0.400. The van der Waals surface area contributed by atoms with Crippen molar-refractivity contribution in [3.05, 3.63) is 102 Å². The van der Waals surface area contributed by atoms with Gasteiger partial charge in [0, 0.05) is 37.0 Å². The highest BCUT2D eigenvalue weighted by Crippen LogP contribution is 2.46. The number of carbonyl (C=O) groups is 1. The van der Waals surface area contributed by atoms with E-state index in [0.717, 1.165) is 42.9 Å². The van der Waals surface area contributed by atoms with Crippen LogP contribution >= 0.6 is 0 Å². The molecule has 2 N–H and O–H groups in total. The standard InChI is InChI=1S/C35H44N4O4Si/c1-25-32(19-12-26-10-13-28(14-11-26)36-35(41)27-8-6-5-7-9-27)43-33(20-22-39-24-29(21-23-40)37-38-39)34(25)44(3,4)31-17-15-30(42-2)16-18-31/h5-11,13-18,24-25,32-34,40H,12,19-23H2,1-4H3,(H,36,41)/t25-,32+,33-,34+/m0/s1. The lowest BCUT2D eigenvalue weighted by molar-refractivity contribution is 0.0250. The number of hydrogen-bond acceptors (Lipinski definition) is 6. The number of nitrogens with zero attached hydrogens (tertiary/aromatic N) is 3. The van der Waals surface area contributed by atoms with Gasteiger partial charge < -0.3 is 19.9 Å². The summed E-state index contributed by atoms with van der Waals surface area (Å²) in [5, 5.41) is 22.1. The van der Waals surface area contributed by atoms with Crippen LogP contribution in [0.1, 0.15) is 41.4 Å². The van der Waals surface area contributed by atoms with E-state index in [2.05, 4.69) is 72.0 Å². The van der Waals surface area contributed by atoms with E-state index >= 15 is 0 Å². The molecular formula is C35H44N4O4Si. The molecule has 44 heavy (non-hydrogen) atoms. The summed E-state index contributed by atoms with van der Waals surface area (Å²) < 4.78 is 14.2. The highest BCUT2D eigenvalue weighted by atomic mass is 28.3. The van der Waals surface area contributed by atoms with Gasteiger partial charge in [0.05, 0.1) is 33.1 Å². The lowest BCUT2D eigenvalue weighted by Gasteiger charge is -2.36. The second kappa shape index (κ2) is 14.3. The number of anilines is 1. The Hall–Kier alpha value is -3.79. The van der Waals surface area contributed by atoms with Gasteiger partial charge in [0.25, 0.3) is 5.91 Å². The molecule has 1 aliphatic heterocycles. The number of hydrogen-bond donors (Lipinski definition) is 2. The smallest absolute Gasteiger partial charge is 0.255 e. The van der Waals surface area contributed by atoms with Crippen LogP contribution in [-0.4, -0.2) is 60.0 Å². The van der Waals surface area contributed by atoms with Crippen molar-refractivity contribution in [1.29, 1.82) is 0 Å². The quantitative estimate of drug-likeness (QED) is 0.194. The highest BCUT2D eigenvalue weighted by molar-refractivity contribution is 6.91.